The molecule has 1 N–H and O–H groups in total. The Morgan fingerprint density at radius 1 is 1.23 bits per heavy atom. The number of ether oxygens (including phenoxy) is 1. The van der Waals surface area contributed by atoms with E-state index in [9.17, 15) is 0 Å². The summed E-state index contributed by atoms with van der Waals surface area (Å²) in [6.07, 6.45) is 7.95. The molecular formula is C20H25N5O. The van der Waals surface area contributed by atoms with Crippen molar-refractivity contribution in [3.8, 4) is 0 Å². The van der Waals surface area contributed by atoms with Crippen molar-refractivity contribution in [3.63, 3.8) is 0 Å². The number of hydrogen-bond donors (Lipinski definition) is 1. The number of anilines is 1. The van der Waals surface area contributed by atoms with Crippen LogP contribution in [0.1, 0.15) is 30.4 Å². The highest BCUT2D eigenvalue weighted by molar-refractivity contribution is 5.86. The smallest absolute Gasteiger partial charge is 0.160 e. The van der Waals surface area contributed by atoms with Gasteiger partial charge in [0.2, 0.25) is 0 Å². The number of aromatic amines is 1. The second-order valence-corrected chi connectivity index (χ2v) is 7.08. The molecule has 1 aliphatic rings. The molecule has 1 aromatic carbocycles. The number of rotatable bonds is 6. The van der Waals surface area contributed by atoms with E-state index in [1.807, 2.05) is 0 Å². The molecule has 136 valence electrons. The van der Waals surface area contributed by atoms with Gasteiger partial charge >= 0.3 is 0 Å². The van der Waals surface area contributed by atoms with Crippen molar-refractivity contribution in [1.82, 2.24) is 20.2 Å². The number of H-pyrrole nitrogens is 1. The molecule has 6 heteroatoms. The van der Waals surface area contributed by atoms with Crippen LogP contribution in [-0.4, -0.2) is 46.0 Å². The molecule has 1 aliphatic carbocycles. The molecule has 4 rings (SSSR count). The van der Waals surface area contributed by atoms with Gasteiger partial charge in [0.15, 0.2) is 5.65 Å². The highest BCUT2D eigenvalue weighted by atomic mass is 16.5. The van der Waals surface area contributed by atoms with E-state index in [0.29, 0.717) is 12.1 Å². The number of aromatic nitrogens is 4. The summed E-state index contributed by atoms with van der Waals surface area (Å²) in [5.41, 5.74) is 3.50. The molecule has 0 unspecified atom stereocenters. The molecule has 2 atom stereocenters. The van der Waals surface area contributed by atoms with Crippen LogP contribution in [0.2, 0.25) is 0 Å². The van der Waals surface area contributed by atoms with Gasteiger partial charge in [-0.3, -0.25) is 5.10 Å². The number of nitrogens with one attached hydrogen (secondary N) is 1. The molecule has 0 bridgehead atoms. The number of hydrogen-bond acceptors (Lipinski definition) is 5. The maximum absolute atomic E-state index is 6.17. The summed E-state index contributed by atoms with van der Waals surface area (Å²) in [6.45, 7) is 2.94. The normalized spacial score (nSPS) is 19.9. The van der Waals surface area contributed by atoms with Crippen LogP contribution in [-0.2, 0) is 11.2 Å². The summed E-state index contributed by atoms with van der Waals surface area (Å²) < 4.78 is 6.17. The van der Waals surface area contributed by atoms with Crippen molar-refractivity contribution in [2.75, 3.05) is 18.6 Å². The molecule has 0 saturated heterocycles. The van der Waals surface area contributed by atoms with Crippen LogP contribution in [0.4, 0.5) is 5.82 Å². The molecule has 1 saturated carbocycles. The van der Waals surface area contributed by atoms with Crippen LogP contribution in [0.25, 0.3) is 11.0 Å². The van der Waals surface area contributed by atoms with E-state index in [1.54, 1.807) is 12.5 Å². The molecule has 0 amide bonds. The molecule has 6 nitrogen and oxygen atoms in total. The lowest BCUT2D eigenvalue weighted by Gasteiger charge is -2.26. The zero-order valence-corrected chi connectivity index (χ0v) is 15.4. The van der Waals surface area contributed by atoms with Crippen LogP contribution >= 0.6 is 0 Å². The topological polar surface area (TPSA) is 66.9 Å². The molecule has 26 heavy (non-hydrogen) atoms. The third-order valence-electron chi connectivity index (χ3n) is 5.45. The van der Waals surface area contributed by atoms with Crippen molar-refractivity contribution in [3.05, 3.63) is 47.9 Å². The number of fused-ring (bicyclic) bond motifs is 1. The molecule has 0 aliphatic heterocycles. The van der Waals surface area contributed by atoms with Gasteiger partial charge in [0.1, 0.15) is 12.1 Å². The fourth-order valence-corrected chi connectivity index (χ4v) is 3.85. The summed E-state index contributed by atoms with van der Waals surface area (Å²) in [5.74, 6) is 0.939. The van der Waals surface area contributed by atoms with Gasteiger partial charge in [0, 0.05) is 13.1 Å². The van der Waals surface area contributed by atoms with Gasteiger partial charge in [0.05, 0.1) is 24.3 Å². The first-order valence-corrected chi connectivity index (χ1v) is 9.25. The average Bonchev–Trinajstić information content (AvgIpc) is 3.31. The lowest BCUT2D eigenvalue weighted by Crippen LogP contribution is -2.31. The minimum absolute atomic E-state index is 0.327. The molecule has 2 heterocycles. The third kappa shape index (κ3) is 3.42. The largest absolute Gasteiger partial charge is 0.378 e. The Balaban J connectivity index is 1.33. The van der Waals surface area contributed by atoms with E-state index in [0.717, 1.165) is 49.1 Å². The van der Waals surface area contributed by atoms with Gasteiger partial charge in [-0.2, -0.15) is 5.10 Å². The van der Waals surface area contributed by atoms with Crippen LogP contribution in [0, 0.1) is 6.92 Å². The lowest BCUT2D eigenvalue weighted by molar-refractivity contribution is 0.0596. The van der Waals surface area contributed by atoms with Crippen molar-refractivity contribution in [2.45, 2.75) is 44.8 Å². The van der Waals surface area contributed by atoms with Gasteiger partial charge in [-0.1, -0.05) is 24.3 Å². The Morgan fingerprint density at radius 3 is 3.00 bits per heavy atom. The molecular weight excluding hydrogens is 326 g/mol. The standard InChI is InChI=1S/C20H25N5O/c1-14-5-3-4-6-15(14)9-10-26-17-8-7-16(11-17)25(2)20-18-12-23-24-19(18)21-13-22-20/h3-6,12-13,16-17H,7-11H2,1-2H3,(H,21,22,23,24)/t16-,17-/m0/s1. The minimum atomic E-state index is 0.327. The third-order valence-corrected chi connectivity index (χ3v) is 5.45. The van der Waals surface area contributed by atoms with Crippen molar-refractivity contribution >= 4 is 16.9 Å². The maximum Gasteiger partial charge on any atom is 0.160 e. The van der Waals surface area contributed by atoms with Crippen molar-refractivity contribution in [1.29, 1.82) is 0 Å². The Bertz CT molecular complexity index is 877. The highest BCUT2D eigenvalue weighted by Crippen LogP contribution is 2.30. The van der Waals surface area contributed by atoms with E-state index < -0.39 is 0 Å². The Hall–Kier alpha value is -2.47. The number of benzene rings is 1. The summed E-state index contributed by atoms with van der Waals surface area (Å²) in [6, 6.07) is 8.97. The van der Waals surface area contributed by atoms with Crippen LogP contribution in [0.5, 0.6) is 0 Å². The SMILES string of the molecule is Cc1ccccc1CCO[C@H]1CC[C@H](N(C)c2ncnc3[nH]ncc23)C1. The van der Waals surface area contributed by atoms with Gasteiger partial charge in [-0.25, -0.2) is 9.97 Å². The molecule has 0 radical (unpaired) electrons. The molecule has 3 aromatic rings. The average molecular weight is 351 g/mol. The monoisotopic (exact) mass is 351 g/mol. The van der Waals surface area contributed by atoms with Crippen LogP contribution in [0.15, 0.2) is 36.8 Å². The highest BCUT2D eigenvalue weighted by Gasteiger charge is 2.29. The van der Waals surface area contributed by atoms with E-state index in [4.69, 9.17) is 4.74 Å². The minimum Gasteiger partial charge on any atom is -0.378 e. The second kappa shape index (κ2) is 7.41. The number of aryl methyl sites for hydroxylation is 1. The first-order valence-electron chi connectivity index (χ1n) is 9.25. The van der Waals surface area contributed by atoms with E-state index >= 15 is 0 Å². The Labute approximate surface area is 153 Å². The molecule has 2 aromatic heterocycles. The van der Waals surface area contributed by atoms with E-state index in [-0.39, 0.29) is 0 Å². The fourth-order valence-electron chi connectivity index (χ4n) is 3.85. The summed E-state index contributed by atoms with van der Waals surface area (Å²) in [4.78, 5) is 11.0. The fraction of sp³-hybridized carbons (Fsp3) is 0.450. The second-order valence-electron chi connectivity index (χ2n) is 7.08. The lowest BCUT2D eigenvalue weighted by atomic mass is 10.1. The predicted molar refractivity (Wildman–Crippen MR) is 102 cm³/mol. The summed E-state index contributed by atoms with van der Waals surface area (Å²) in [7, 11) is 2.11. The molecule has 0 spiro atoms. The van der Waals surface area contributed by atoms with E-state index in [1.165, 1.54) is 11.1 Å². The zero-order valence-electron chi connectivity index (χ0n) is 15.4. The first-order chi connectivity index (χ1) is 12.7. The Kier molecular flexibility index (Phi) is 4.84. The quantitative estimate of drug-likeness (QED) is 0.738. The van der Waals surface area contributed by atoms with E-state index in [2.05, 4.69) is 63.3 Å². The van der Waals surface area contributed by atoms with Crippen molar-refractivity contribution in [2.24, 2.45) is 0 Å². The predicted octanol–water partition coefficient (Wildman–Crippen LogP) is 3.28. The van der Waals surface area contributed by atoms with Crippen LogP contribution < -0.4 is 4.90 Å². The van der Waals surface area contributed by atoms with Crippen LogP contribution in [0.3, 0.4) is 0 Å². The Morgan fingerprint density at radius 2 is 2.12 bits per heavy atom. The van der Waals surface area contributed by atoms with Crippen molar-refractivity contribution < 1.29 is 4.74 Å². The molecule has 1 fully saturated rings. The van der Waals surface area contributed by atoms with Gasteiger partial charge in [-0.05, 0) is 43.7 Å². The van der Waals surface area contributed by atoms with Gasteiger partial charge in [0.25, 0.3) is 0 Å². The first kappa shape index (κ1) is 17.0. The van der Waals surface area contributed by atoms with Gasteiger partial charge in [-0.15, -0.1) is 0 Å². The number of nitrogens with zero attached hydrogens (tertiary/aromatic N) is 4. The zero-order chi connectivity index (χ0) is 17.9. The van der Waals surface area contributed by atoms with Gasteiger partial charge < -0.3 is 9.64 Å². The summed E-state index contributed by atoms with van der Waals surface area (Å²) >= 11 is 0. The maximum atomic E-state index is 6.17. The summed E-state index contributed by atoms with van der Waals surface area (Å²) in [5, 5.41) is 7.96.